The second-order valence-corrected chi connectivity index (χ2v) is 12.5. The molecule has 0 aliphatic carbocycles. The molecular formula is C30H40Br2O. The third kappa shape index (κ3) is 7.33. The Balaban J connectivity index is 2.38. The Morgan fingerprint density at radius 1 is 0.939 bits per heavy atom. The molecule has 1 unspecified atom stereocenters. The molecule has 0 bridgehead atoms. The lowest BCUT2D eigenvalue weighted by Gasteiger charge is -2.24. The molecule has 1 atom stereocenters. The average molecular weight is 576 g/mol. The van der Waals surface area contributed by atoms with Crippen molar-refractivity contribution in [3.8, 4) is 5.75 Å². The van der Waals surface area contributed by atoms with Crippen molar-refractivity contribution in [2.75, 3.05) is 0 Å². The monoisotopic (exact) mass is 574 g/mol. The van der Waals surface area contributed by atoms with Crippen molar-refractivity contribution in [3.63, 3.8) is 0 Å². The molecule has 2 aromatic rings. The number of hydrogen-bond donors (Lipinski definition) is 1. The first kappa shape index (κ1) is 27.9. The first-order valence-corrected chi connectivity index (χ1v) is 13.8. The summed E-state index contributed by atoms with van der Waals surface area (Å²) in [5.41, 5.74) is 8.70. The van der Waals surface area contributed by atoms with E-state index in [0.717, 1.165) is 24.0 Å². The maximum absolute atomic E-state index is 10.8. The van der Waals surface area contributed by atoms with E-state index in [0.29, 0.717) is 17.5 Å². The fourth-order valence-electron chi connectivity index (χ4n) is 3.90. The van der Waals surface area contributed by atoms with Gasteiger partial charge in [0.2, 0.25) is 0 Å². The highest BCUT2D eigenvalue weighted by Crippen LogP contribution is 2.36. The van der Waals surface area contributed by atoms with E-state index in [1.165, 1.54) is 27.8 Å². The fraction of sp³-hybridized carbons (Fsp3) is 0.467. The van der Waals surface area contributed by atoms with E-state index >= 15 is 0 Å². The number of hydrogen-bond acceptors (Lipinski definition) is 1. The van der Waals surface area contributed by atoms with Crippen LogP contribution in [0.25, 0.3) is 0 Å². The van der Waals surface area contributed by atoms with Crippen molar-refractivity contribution in [1.82, 2.24) is 0 Å². The van der Waals surface area contributed by atoms with Crippen LogP contribution in [0.1, 0.15) is 91.7 Å². The van der Waals surface area contributed by atoms with E-state index in [2.05, 4.69) is 123 Å². The number of halogens is 2. The van der Waals surface area contributed by atoms with Gasteiger partial charge in [-0.3, -0.25) is 0 Å². The fourth-order valence-corrected chi connectivity index (χ4v) is 5.02. The minimum absolute atomic E-state index is 0.0351. The van der Waals surface area contributed by atoms with E-state index in [1.807, 2.05) is 6.08 Å². The number of aryl methyl sites for hydroxylation is 1. The predicted molar refractivity (Wildman–Crippen MR) is 152 cm³/mol. The van der Waals surface area contributed by atoms with Crippen molar-refractivity contribution >= 4 is 31.9 Å². The first-order valence-electron chi connectivity index (χ1n) is 11.8. The molecule has 33 heavy (non-hydrogen) atoms. The maximum atomic E-state index is 10.8. The van der Waals surface area contributed by atoms with Gasteiger partial charge < -0.3 is 5.11 Å². The Labute approximate surface area is 218 Å². The normalized spacial score (nSPS) is 13.5. The van der Waals surface area contributed by atoms with Gasteiger partial charge in [0.15, 0.2) is 0 Å². The second-order valence-electron chi connectivity index (χ2n) is 11.0. The summed E-state index contributed by atoms with van der Waals surface area (Å²) in [7, 11) is 0. The summed E-state index contributed by atoms with van der Waals surface area (Å²) in [6, 6.07) is 8.96. The number of rotatable bonds is 8. The van der Waals surface area contributed by atoms with Crippen molar-refractivity contribution in [2.24, 2.45) is 0 Å². The lowest BCUT2D eigenvalue weighted by molar-refractivity contribution is 0.463. The van der Waals surface area contributed by atoms with Crippen molar-refractivity contribution in [1.29, 1.82) is 0 Å². The highest BCUT2D eigenvalue weighted by molar-refractivity contribution is 9.09. The Kier molecular flexibility index (Phi) is 9.65. The minimum Gasteiger partial charge on any atom is -0.507 e. The summed E-state index contributed by atoms with van der Waals surface area (Å²) in [5, 5.41) is 11.4. The molecule has 0 amide bonds. The van der Waals surface area contributed by atoms with Crippen LogP contribution in [0.3, 0.4) is 0 Å². The van der Waals surface area contributed by atoms with Gasteiger partial charge in [-0.25, -0.2) is 0 Å². The van der Waals surface area contributed by atoms with Gasteiger partial charge in [-0.1, -0.05) is 116 Å². The largest absolute Gasteiger partial charge is 0.507 e. The first-order chi connectivity index (χ1) is 15.3. The van der Waals surface area contributed by atoms with Crippen LogP contribution in [0.4, 0.5) is 0 Å². The molecular weight excluding hydrogens is 536 g/mol. The summed E-state index contributed by atoms with van der Waals surface area (Å²) in [4.78, 5) is 0.117. The Bertz CT molecular complexity index is 1000. The Hall–Kier alpha value is -1.32. The SMILES string of the molecule is C=CCCc1cc(C(C)(C)C)cc(C(Br)/C=C/Cc2cc(C(C)(C)C)cc(CBr)c2O)c1C. The van der Waals surface area contributed by atoms with Crippen LogP contribution in [0.15, 0.2) is 49.1 Å². The Morgan fingerprint density at radius 3 is 2.03 bits per heavy atom. The van der Waals surface area contributed by atoms with Crippen LogP contribution in [0, 0.1) is 6.92 Å². The molecule has 0 saturated carbocycles. The van der Waals surface area contributed by atoms with Gasteiger partial charge in [0.05, 0.1) is 4.83 Å². The summed E-state index contributed by atoms with van der Waals surface area (Å²) in [5.74, 6) is 0.397. The number of benzene rings is 2. The molecule has 0 saturated heterocycles. The maximum Gasteiger partial charge on any atom is 0.123 e. The topological polar surface area (TPSA) is 20.2 Å². The van der Waals surface area contributed by atoms with Gasteiger partial charge in [-0.15, -0.1) is 6.58 Å². The number of phenolic OH excluding ortho intramolecular Hbond substituents is 1. The zero-order valence-corrected chi connectivity index (χ0v) is 24.5. The van der Waals surface area contributed by atoms with Gasteiger partial charge in [0.25, 0.3) is 0 Å². The van der Waals surface area contributed by atoms with Crippen LogP contribution in [0.2, 0.25) is 0 Å². The van der Waals surface area contributed by atoms with E-state index < -0.39 is 0 Å². The van der Waals surface area contributed by atoms with Crippen LogP contribution in [-0.4, -0.2) is 5.11 Å². The molecule has 0 aliphatic rings. The minimum atomic E-state index is 0.0351. The van der Waals surface area contributed by atoms with E-state index in [4.69, 9.17) is 0 Å². The quantitative estimate of drug-likeness (QED) is 0.245. The van der Waals surface area contributed by atoms with E-state index in [1.54, 1.807) is 0 Å². The predicted octanol–water partition coefficient (Wildman–Crippen LogP) is 9.54. The summed E-state index contributed by atoms with van der Waals surface area (Å²) < 4.78 is 0. The molecule has 0 spiro atoms. The lowest BCUT2D eigenvalue weighted by atomic mass is 9.82. The number of phenols is 1. The van der Waals surface area contributed by atoms with Gasteiger partial charge in [0, 0.05) is 10.9 Å². The van der Waals surface area contributed by atoms with Crippen LogP contribution in [0.5, 0.6) is 5.75 Å². The van der Waals surface area contributed by atoms with Crippen LogP contribution >= 0.6 is 31.9 Å². The number of aromatic hydroxyl groups is 1. The zero-order valence-electron chi connectivity index (χ0n) is 21.4. The molecule has 0 aromatic heterocycles. The van der Waals surface area contributed by atoms with Crippen molar-refractivity contribution in [3.05, 3.63) is 88.0 Å². The molecule has 3 heteroatoms. The third-order valence-electron chi connectivity index (χ3n) is 6.26. The van der Waals surface area contributed by atoms with Gasteiger partial charge in [-0.2, -0.15) is 0 Å². The summed E-state index contributed by atoms with van der Waals surface area (Å²) in [6.45, 7) is 19.6. The third-order valence-corrected chi connectivity index (χ3v) is 7.66. The molecule has 2 aromatic carbocycles. The molecule has 1 N–H and O–H groups in total. The molecule has 0 fully saturated rings. The smallest absolute Gasteiger partial charge is 0.123 e. The van der Waals surface area contributed by atoms with Gasteiger partial charge in [0.1, 0.15) is 5.75 Å². The molecule has 0 aliphatic heterocycles. The molecule has 0 heterocycles. The van der Waals surface area contributed by atoms with E-state index in [9.17, 15) is 5.11 Å². The van der Waals surface area contributed by atoms with Gasteiger partial charge >= 0.3 is 0 Å². The lowest BCUT2D eigenvalue weighted by Crippen LogP contribution is -2.13. The van der Waals surface area contributed by atoms with Crippen LogP contribution in [-0.2, 0) is 29.0 Å². The summed E-state index contributed by atoms with van der Waals surface area (Å²) in [6.07, 6.45) is 9.07. The summed E-state index contributed by atoms with van der Waals surface area (Å²) >= 11 is 7.46. The van der Waals surface area contributed by atoms with Crippen molar-refractivity contribution < 1.29 is 5.11 Å². The van der Waals surface area contributed by atoms with Gasteiger partial charge in [-0.05, 0) is 70.4 Å². The molecule has 180 valence electrons. The highest BCUT2D eigenvalue weighted by Gasteiger charge is 2.20. The second kappa shape index (κ2) is 11.4. The van der Waals surface area contributed by atoms with Crippen LogP contribution < -0.4 is 0 Å². The number of alkyl halides is 2. The Morgan fingerprint density at radius 2 is 1.48 bits per heavy atom. The standard InChI is InChI=1S/C30H40Br2O/c1-9-10-12-21-15-25(30(6,7)8)18-26(20(21)2)27(32)14-11-13-22-16-24(29(3,4)5)17-23(19-31)28(22)33/h9,11,14-18,27,33H,1,10,12-13,19H2,2-8H3/b14-11+. The molecule has 2 rings (SSSR count). The zero-order chi connectivity index (χ0) is 25.0. The highest BCUT2D eigenvalue weighted by atomic mass is 79.9. The van der Waals surface area contributed by atoms with Crippen molar-refractivity contribution in [2.45, 2.75) is 88.7 Å². The average Bonchev–Trinajstić information content (AvgIpc) is 2.72. The molecule has 0 radical (unpaired) electrons. The number of allylic oxidation sites excluding steroid dienone is 3. The molecule has 1 nitrogen and oxygen atoms in total. The van der Waals surface area contributed by atoms with E-state index in [-0.39, 0.29) is 15.7 Å².